The third kappa shape index (κ3) is 6.36. The van der Waals surface area contributed by atoms with Crippen molar-refractivity contribution in [1.82, 2.24) is 30.1 Å². The molecule has 0 aliphatic carbocycles. The number of nitrogens with one attached hydrogen (secondary N) is 1. The average molecular weight is 571 g/mol. The van der Waals surface area contributed by atoms with Crippen LogP contribution in [0.4, 0.5) is 20.4 Å². The number of carbonyl (C=O) groups excluding carboxylic acids is 1. The van der Waals surface area contributed by atoms with E-state index in [0.717, 1.165) is 50.8 Å². The summed E-state index contributed by atoms with van der Waals surface area (Å²) in [6.07, 6.45) is 5.20. The first-order valence-corrected chi connectivity index (χ1v) is 14.9. The predicted octanol–water partition coefficient (Wildman–Crippen LogP) is 3.26. The van der Waals surface area contributed by atoms with Crippen LogP contribution in [-0.2, 0) is 16.1 Å². The highest BCUT2D eigenvalue weighted by Crippen LogP contribution is 2.43. The third-order valence-corrected chi connectivity index (χ3v) is 8.81. The number of aromatic nitrogens is 3. The quantitative estimate of drug-likeness (QED) is 0.518. The van der Waals surface area contributed by atoms with Crippen molar-refractivity contribution in [1.29, 1.82) is 0 Å². The number of amides is 1. The van der Waals surface area contributed by atoms with Gasteiger partial charge in [-0.1, -0.05) is 27.2 Å². The second kappa shape index (κ2) is 11.9. The molecule has 0 saturated carbocycles. The minimum absolute atomic E-state index is 0.0500. The third-order valence-electron chi connectivity index (χ3n) is 8.81. The first-order valence-electron chi connectivity index (χ1n) is 14.9. The molecule has 9 nitrogen and oxygen atoms in total. The molecule has 0 bridgehead atoms. The van der Waals surface area contributed by atoms with Gasteiger partial charge in [0.05, 0.1) is 12.2 Å². The molecule has 0 radical (unpaired) electrons. The van der Waals surface area contributed by atoms with E-state index in [0.29, 0.717) is 24.7 Å². The Morgan fingerprint density at radius 1 is 1.12 bits per heavy atom. The van der Waals surface area contributed by atoms with Gasteiger partial charge >= 0.3 is 0 Å². The Morgan fingerprint density at radius 3 is 2.59 bits per heavy atom. The van der Waals surface area contributed by atoms with E-state index < -0.39 is 5.92 Å². The highest BCUT2D eigenvalue weighted by molar-refractivity contribution is 5.97. The molecule has 5 rings (SSSR count). The fourth-order valence-electron chi connectivity index (χ4n) is 6.46. The molecule has 2 saturated heterocycles. The fourth-order valence-corrected chi connectivity index (χ4v) is 6.46. The molecule has 3 atom stereocenters. The van der Waals surface area contributed by atoms with Crippen LogP contribution in [0.25, 0.3) is 0 Å². The molecule has 5 heterocycles. The molecule has 3 unspecified atom stereocenters. The van der Waals surface area contributed by atoms with Crippen molar-refractivity contribution in [2.45, 2.75) is 76.9 Å². The van der Waals surface area contributed by atoms with Gasteiger partial charge in [-0.3, -0.25) is 19.6 Å². The van der Waals surface area contributed by atoms with Gasteiger partial charge in [-0.05, 0) is 26.0 Å². The second-order valence-electron chi connectivity index (χ2n) is 12.6. The molecule has 3 aliphatic heterocycles. The normalized spacial score (nSPS) is 25.4. The largest absolute Gasteiger partial charge is 0.338 e. The molecule has 224 valence electrons. The van der Waals surface area contributed by atoms with Crippen LogP contribution in [0, 0.1) is 0 Å². The van der Waals surface area contributed by atoms with Crippen molar-refractivity contribution in [2.24, 2.45) is 0 Å². The predicted molar refractivity (Wildman–Crippen MR) is 157 cm³/mol. The zero-order chi connectivity index (χ0) is 29.4. The summed E-state index contributed by atoms with van der Waals surface area (Å²) in [5, 5.41) is 3.59. The second-order valence-corrected chi connectivity index (χ2v) is 12.6. The maximum atomic E-state index is 14.8. The van der Waals surface area contributed by atoms with Gasteiger partial charge in [-0.2, -0.15) is 8.78 Å². The Morgan fingerprint density at radius 2 is 1.88 bits per heavy atom. The standard InChI is InChI=1S/C30H44F2N8O/c1-6-8-30(31,32)26-13-25-24(15-36-26)29(4,5)20-40(25)27(41)19-39-16-21(2)35-14-23(39)18-37-11-12-38(17-22(37)3)28-33-9-7-10-34-28/h7,9-10,13,15,21-23,35H,6,8,11-12,14,16-20H2,1-5H3. The number of hydrogen-bond acceptors (Lipinski definition) is 8. The zero-order valence-corrected chi connectivity index (χ0v) is 25.0. The topological polar surface area (TPSA) is 80.7 Å². The lowest BCUT2D eigenvalue weighted by molar-refractivity contribution is -0.120. The molecule has 3 aliphatic rings. The van der Waals surface area contributed by atoms with Gasteiger partial charge in [0.1, 0.15) is 5.69 Å². The lowest BCUT2D eigenvalue weighted by atomic mass is 9.88. The Hall–Kier alpha value is -2.76. The average Bonchev–Trinajstić information content (AvgIpc) is 3.21. The molecule has 1 amide bonds. The zero-order valence-electron chi connectivity index (χ0n) is 25.0. The number of fused-ring (bicyclic) bond motifs is 1. The van der Waals surface area contributed by atoms with Gasteiger partial charge in [-0.25, -0.2) is 9.97 Å². The van der Waals surface area contributed by atoms with Crippen molar-refractivity contribution >= 4 is 17.5 Å². The van der Waals surface area contributed by atoms with Gasteiger partial charge in [-0.15, -0.1) is 0 Å². The molecule has 2 aromatic heterocycles. The van der Waals surface area contributed by atoms with Crippen molar-refractivity contribution in [2.75, 3.05) is 62.2 Å². The maximum Gasteiger partial charge on any atom is 0.289 e. The van der Waals surface area contributed by atoms with Crippen LogP contribution >= 0.6 is 0 Å². The smallest absolute Gasteiger partial charge is 0.289 e. The van der Waals surface area contributed by atoms with E-state index in [2.05, 4.69) is 48.8 Å². The number of rotatable bonds is 8. The van der Waals surface area contributed by atoms with E-state index >= 15 is 0 Å². The minimum atomic E-state index is -3.02. The van der Waals surface area contributed by atoms with Crippen LogP contribution in [0.3, 0.4) is 0 Å². The van der Waals surface area contributed by atoms with Gasteiger partial charge < -0.3 is 15.1 Å². The summed E-state index contributed by atoms with van der Waals surface area (Å²) in [5.74, 6) is -2.30. The van der Waals surface area contributed by atoms with Crippen LogP contribution < -0.4 is 15.1 Å². The van der Waals surface area contributed by atoms with E-state index in [-0.39, 0.29) is 42.1 Å². The van der Waals surface area contributed by atoms with Crippen molar-refractivity contribution in [3.05, 3.63) is 42.0 Å². The maximum absolute atomic E-state index is 14.8. The van der Waals surface area contributed by atoms with E-state index in [9.17, 15) is 13.6 Å². The van der Waals surface area contributed by atoms with Gasteiger partial charge in [0.2, 0.25) is 11.9 Å². The summed E-state index contributed by atoms with van der Waals surface area (Å²) >= 11 is 0. The molecule has 1 N–H and O–H groups in total. The molecule has 0 spiro atoms. The summed E-state index contributed by atoms with van der Waals surface area (Å²) in [4.78, 5) is 35.6. The minimum Gasteiger partial charge on any atom is -0.338 e. The summed E-state index contributed by atoms with van der Waals surface area (Å²) in [5.41, 5.74) is 0.815. The number of alkyl halides is 2. The Kier molecular flexibility index (Phi) is 8.59. The Labute approximate surface area is 242 Å². The number of halogens is 2. The molecule has 0 aromatic carbocycles. The molecule has 11 heteroatoms. The van der Waals surface area contributed by atoms with Crippen LogP contribution in [0.15, 0.2) is 30.7 Å². The van der Waals surface area contributed by atoms with Crippen LogP contribution in [0.1, 0.15) is 58.7 Å². The Balaban J connectivity index is 1.29. The number of pyridine rings is 1. The molecule has 41 heavy (non-hydrogen) atoms. The molecular formula is C30H44F2N8O. The van der Waals surface area contributed by atoms with Gasteiger partial charge in [0, 0.05) is 99.9 Å². The van der Waals surface area contributed by atoms with Crippen molar-refractivity contribution < 1.29 is 13.6 Å². The highest BCUT2D eigenvalue weighted by Gasteiger charge is 2.42. The van der Waals surface area contributed by atoms with Gasteiger partial charge in [0.25, 0.3) is 5.92 Å². The van der Waals surface area contributed by atoms with E-state index in [4.69, 9.17) is 0 Å². The highest BCUT2D eigenvalue weighted by atomic mass is 19.3. The first kappa shape index (κ1) is 29.7. The van der Waals surface area contributed by atoms with Crippen LogP contribution in [-0.4, -0.2) is 101 Å². The molecule has 2 fully saturated rings. The van der Waals surface area contributed by atoms with E-state index in [1.807, 2.05) is 19.9 Å². The number of carbonyl (C=O) groups is 1. The van der Waals surface area contributed by atoms with Crippen LogP contribution in [0.5, 0.6) is 0 Å². The lowest BCUT2D eigenvalue weighted by Gasteiger charge is -2.45. The van der Waals surface area contributed by atoms with Crippen molar-refractivity contribution in [3.8, 4) is 0 Å². The molecule has 2 aromatic rings. The van der Waals surface area contributed by atoms with Crippen molar-refractivity contribution in [3.63, 3.8) is 0 Å². The monoisotopic (exact) mass is 570 g/mol. The summed E-state index contributed by atoms with van der Waals surface area (Å²) < 4.78 is 29.6. The van der Waals surface area contributed by atoms with E-state index in [1.165, 1.54) is 6.07 Å². The lowest BCUT2D eigenvalue weighted by Crippen LogP contribution is -2.63. The first-order chi connectivity index (χ1) is 19.5. The summed E-state index contributed by atoms with van der Waals surface area (Å²) in [6.45, 7) is 15.9. The summed E-state index contributed by atoms with van der Waals surface area (Å²) in [7, 11) is 0. The number of anilines is 2. The van der Waals surface area contributed by atoms with E-state index in [1.54, 1.807) is 30.4 Å². The number of piperazine rings is 2. The van der Waals surface area contributed by atoms with Crippen LogP contribution in [0.2, 0.25) is 0 Å². The SMILES string of the molecule is CCCC(F)(F)c1cc2c(cn1)C(C)(C)CN2C(=O)CN1CC(C)NCC1CN1CCN(c2ncccn2)CC1C. The number of nitrogens with zero attached hydrogens (tertiary/aromatic N) is 7. The molecular weight excluding hydrogens is 526 g/mol. The van der Waals surface area contributed by atoms with Gasteiger partial charge in [0.15, 0.2) is 0 Å². The Bertz CT molecular complexity index is 1210. The fraction of sp³-hybridized carbons (Fsp3) is 0.667. The number of hydrogen-bond donors (Lipinski definition) is 1. The summed E-state index contributed by atoms with van der Waals surface area (Å²) in [6, 6.07) is 4.01.